The third kappa shape index (κ3) is 2.44. The number of fused-ring (bicyclic) bond motifs is 1. The molecule has 0 bridgehead atoms. The van der Waals surface area contributed by atoms with Gasteiger partial charge < -0.3 is 10.2 Å². The average molecular weight is 277 g/mol. The zero-order valence-electron chi connectivity index (χ0n) is 13.0. The summed E-state index contributed by atoms with van der Waals surface area (Å²) in [5.41, 5.74) is 2.52. The number of nitrogens with zero attached hydrogens (tertiary/aromatic N) is 4. The number of nitrogens with one attached hydrogen (secondary N) is 1. The van der Waals surface area contributed by atoms with Gasteiger partial charge in [0.15, 0.2) is 0 Å². The summed E-state index contributed by atoms with van der Waals surface area (Å²) in [6.07, 6.45) is 3.99. The molecule has 3 rings (SSSR count). The Morgan fingerprint density at radius 2 is 2.05 bits per heavy atom. The Bertz CT molecular complexity index is 467. The molecule has 0 aromatic carbocycles. The highest BCUT2D eigenvalue weighted by Gasteiger charge is 2.30. The summed E-state index contributed by atoms with van der Waals surface area (Å²) in [6.45, 7) is 7.90. The highest BCUT2D eigenvalue weighted by atomic mass is 15.4. The lowest BCUT2D eigenvalue weighted by Gasteiger charge is -2.28. The van der Waals surface area contributed by atoms with Crippen LogP contribution in [-0.4, -0.2) is 53.9 Å². The summed E-state index contributed by atoms with van der Waals surface area (Å²) in [4.78, 5) is 5.25. The predicted molar refractivity (Wildman–Crippen MR) is 82.1 cm³/mol. The molecule has 112 valence electrons. The predicted octanol–water partition coefficient (Wildman–Crippen LogP) is 1.12. The molecule has 1 unspecified atom stereocenters. The van der Waals surface area contributed by atoms with Crippen molar-refractivity contribution in [3.05, 3.63) is 11.3 Å². The molecule has 2 fully saturated rings. The second-order valence-electron chi connectivity index (χ2n) is 6.17. The van der Waals surface area contributed by atoms with E-state index in [2.05, 4.69) is 38.9 Å². The topological polar surface area (TPSA) is 36.3 Å². The maximum atomic E-state index is 4.64. The van der Waals surface area contributed by atoms with Crippen LogP contribution in [0.4, 0.5) is 5.82 Å². The molecule has 1 atom stereocenters. The van der Waals surface area contributed by atoms with Crippen LogP contribution in [0.25, 0.3) is 0 Å². The summed E-state index contributed by atoms with van der Waals surface area (Å²) in [5.74, 6) is 1.32. The Morgan fingerprint density at radius 3 is 2.85 bits per heavy atom. The van der Waals surface area contributed by atoms with Crippen LogP contribution < -0.4 is 10.2 Å². The van der Waals surface area contributed by atoms with E-state index in [4.69, 9.17) is 0 Å². The molecule has 0 spiro atoms. The maximum absolute atomic E-state index is 4.64. The van der Waals surface area contributed by atoms with Crippen LogP contribution >= 0.6 is 0 Å². The van der Waals surface area contributed by atoms with E-state index in [1.165, 1.54) is 43.7 Å². The standard InChI is InChI=1S/C15H27N5/c1-12-14(10-16-2)15(18(3)17-12)20-9-5-8-19-7-4-6-13(19)11-20/h13,16H,4-11H2,1-3H3. The Morgan fingerprint density at radius 1 is 1.25 bits per heavy atom. The summed E-state index contributed by atoms with van der Waals surface area (Å²) >= 11 is 0. The van der Waals surface area contributed by atoms with E-state index in [9.17, 15) is 0 Å². The summed E-state index contributed by atoms with van der Waals surface area (Å²) < 4.78 is 2.08. The fraction of sp³-hybridized carbons (Fsp3) is 0.800. The van der Waals surface area contributed by atoms with Crippen molar-refractivity contribution in [2.24, 2.45) is 7.05 Å². The van der Waals surface area contributed by atoms with Gasteiger partial charge in [-0.15, -0.1) is 0 Å². The second kappa shape index (κ2) is 5.74. The zero-order valence-corrected chi connectivity index (χ0v) is 13.0. The van der Waals surface area contributed by atoms with Crippen molar-refractivity contribution in [3.63, 3.8) is 0 Å². The van der Waals surface area contributed by atoms with Gasteiger partial charge in [-0.05, 0) is 39.8 Å². The molecule has 2 aliphatic heterocycles. The molecule has 2 aliphatic rings. The van der Waals surface area contributed by atoms with Crippen LogP contribution in [0.5, 0.6) is 0 Å². The zero-order chi connectivity index (χ0) is 14.1. The van der Waals surface area contributed by atoms with E-state index in [0.29, 0.717) is 0 Å². The van der Waals surface area contributed by atoms with E-state index in [-0.39, 0.29) is 0 Å². The molecule has 5 nitrogen and oxygen atoms in total. The minimum absolute atomic E-state index is 0.746. The van der Waals surface area contributed by atoms with E-state index < -0.39 is 0 Å². The lowest BCUT2D eigenvalue weighted by atomic mass is 10.2. The molecular formula is C15H27N5. The van der Waals surface area contributed by atoms with Gasteiger partial charge in [-0.2, -0.15) is 5.10 Å². The fourth-order valence-electron chi connectivity index (χ4n) is 3.87. The minimum atomic E-state index is 0.746. The van der Waals surface area contributed by atoms with Crippen LogP contribution in [0.3, 0.4) is 0 Å². The van der Waals surface area contributed by atoms with Gasteiger partial charge in [0.25, 0.3) is 0 Å². The van der Waals surface area contributed by atoms with Crippen molar-refractivity contribution >= 4 is 5.82 Å². The number of hydrogen-bond donors (Lipinski definition) is 1. The number of hydrogen-bond acceptors (Lipinski definition) is 4. The number of aromatic nitrogens is 2. The molecule has 1 aromatic heterocycles. The van der Waals surface area contributed by atoms with E-state index in [1.54, 1.807) is 0 Å². The smallest absolute Gasteiger partial charge is 0.131 e. The molecule has 20 heavy (non-hydrogen) atoms. The first kappa shape index (κ1) is 13.9. The second-order valence-corrected chi connectivity index (χ2v) is 6.17. The Balaban J connectivity index is 1.87. The van der Waals surface area contributed by atoms with Crippen LogP contribution in [0.2, 0.25) is 0 Å². The van der Waals surface area contributed by atoms with Gasteiger partial charge >= 0.3 is 0 Å². The number of anilines is 1. The summed E-state index contributed by atoms with van der Waals surface area (Å²) in [5, 5.41) is 7.93. The summed E-state index contributed by atoms with van der Waals surface area (Å²) in [6, 6.07) is 0.746. The Kier molecular flexibility index (Phi) is 3.98. The first-order chi connectivity index (χ1) is 9.70. The van der Waals surface area contributed by atoms with Crippen molar-refractivity contribution in [1.82, 2.24) is 20.0 Å². The number of aryl methyl sites for hydroxylation is 2. The average Bonchev–Trinajstić information content (AvgIpc) is 2.89. The van der Waals surface area contributed by atoms with Crippen molar-refractivity contribution < 1.29 is 0 Å². The SMILES string of the molecule is CNCc1c(C)nn(C)c1N1CCCN2CCCC2C1. The lowest BCUT2D eigenvalue weighted by Crippen LogP contribution is -2.37. The quantitative estimate of drug-likeness (QED) is 0.898. The highest BCUT2D eigenvalue weighted by Crippen LogP contribution is 2.28. The molecule has 5 heteroatoms. The first-order valence-electron chi connectivity index (χ1n) is 7.86. The Labute approximate surface area is 121 Å². The van der Waals surface area contributed by atoms with E-state index >= 15 is 0 Å². The maximum Gasteiger partial charge on any atom is 0.131 e. The minimum Gasteiger partial charge on any atom is -0.355 e. The monoisotopic (exact) mass is 277 g/mol. The molecule has 0 aliphatic carbocycles. The molecule has 2 saturated heterocycles. The van der Waals surface area contributed by atoms with Gasteiger partial charge in [0, 0.05) is 44.8 Å². The largest absolute Gasteiger partial charge is 0.355 e. The van der Waals surface area contributed by atoms with Gasteiger partial charge in [-0.25, -0.2) is 0 Å². The first-order valence-corrected chi connectivity index (χ1v) is 7.86. The van der Waals surface area contributed by atoms with Gasteiger partial charge in [-0.1, -0.05) is 0 Å². The lowest BCUT2D eigenvalue weighted by molar-refractivity contribution is 0.273. The van der Waals surface area contributed by atoms with Crippen molar-refractivity contribution in [2.45, 2.75) is 38.8 Å². The van der Waals surface area contributed by atoms with Gasteiger partial charge in [0.1, 0.15) is 5.82 Å². The van der Waals surface area contributed by atoms with E-state index in [0.717, 1.165) is 31.4 Å². The molecule has 1 N–H and O–H groups in total. The normalized spacial score (nSPS) is 23.9. The van der Waals surface area contributed by atoms with Crippen LogP contribution in [0.15, 0.2) is 0 Å². The molecular weight excluding hydrogens is 250 g/mol. The van der Waals surface area contributed by atoms with Gasteiger partial charge in [0.05, 0.1) is 5.69 Å². The van der Waals surface area contributed by atoms with Gasteiger partial charge in [0.2, 0.25) is 0 Å². The molecule has 0 saturated carbocycles. The Hall–Kier alpha value is -1.07. The van der Waals surface area contributed by atoms with E-state index in [1.807, 2.05) is 7.05 Å². The number of rotatable bonds is 3. The van der Waals surface area contributed by atoms with Crippen LogP contribution in [-0.2, 0) is 13.6 Å². The highest BCUT2D eigenvalue weighted by molar-refractivity contribution is 5.50. The summed E-state index contributed by atoms with van der Waals surface area (Å²) in [7, 11) is 4.09. The third-order valence-electron chi connectivity index (χ3n) is 4.77. The third-order valence-corrected chi connectivity index (χ3v) is 4.77. The molecule has 3 heterocycles. The van der Waals surface area contributed by atoms with Crippen molar-refractivity contribution in [2.75, 3.05) is 38.1 Å². The molecule has 0 amide bonds. The fourth-order valence-corrected chi connectivity index (χ4v) is 3.87. The van der Waals surface area contributed by atoms with Crippen molar-refractivity contribution in [1.29, 1.82) is 0 Å². The molecule has 1 aromatic rings. The van der Waals surface area contributed by atoms with Crippen LogP contribution in [0.1, 0.15) is 30.5 Å². The van der Waals surface area contributed by atoms with Crippen LogP contribution in [0, 0.1) is 6.92 Å². The van der Waals surface area contributed by atoms with Crippen molar-refractivity contribution in [3.8, 4) is 0 Å². The molecule has 0 radical (unpaired) electrons. The van der Waals surface area contributed by atoms with Gasteiger partial charge in [-0.3, -0.25) is 9.58 Å².